The summed E-state index contributed by atoms with van der Waals surface area (Å²) in [5.74, 6) is -1.36. The second-order valence-electron chi connectivity index (χ2n) is 4.03. The second-order valence-corrected chi connectivity index (χ2v) is 4.03. The lowest BCUT2D eigenvalue weighted by molar-refractivity contribution is -0.133. The third-order valence-corrected chi connectivity index (χ3v) is 2.80. The van der Waals surface area contributed by atoms with Crippen LogP contribution in [0.5, 0.6) is 5.75 Å². The molecule has 0 spiro atoms. The molecule has 102 valence electrons. The normalized spacial score (nSPS) is 14.8. The van der Waals surface area contributed by atoms with E-state index in [2.05, 4.69) is 0 Å². The molecule has 19 heavy (non-hydrogen) atoms. The first-order chi connectivity index (χ1) is 8.83. The molecule has 0 N–H and O–H groups in total. The Bertz CT molecular complexity index is 540. The van der Waals surface area contributed by atoms with Crippen molar-refractivity contribution in [3.05, 3.63) is 23.8 Å². The van der Waals surface area contributed by atoms with Gasteiger partial charge in [-0.2, -0.15) is 13.2 Å². The number of ether oxygens (including phenoxy) is 1. The maximum atomic E-state index is 12.2. The van der Waals surface area contributed by atoms with Gasteiger partial charge >= 0.3 is 6.18 Å². The standard InChI is InChI=1S/C12H10F3NO3/c1-19-7-2-3-8-9(6-7)16(11(18)10(8)17)5-4-12(13,14)15/h2-3,6H,4-5H2,1H3. The Kier molecular flexibility index (Phi) is 3.21. The van der Waals surface area contributed by atoms with E-state index in [1.54, 1.807) is 0 Å². The van der Waals surface area contributed by atoms with Gasteiger partial charge in [-0.05, 0) is 12.1 Å². The van der Waals surface area contributed by atoms with Gasteiger partial charge in [-0.25, -0.2) is 0 Å². The van der Waals surface area contributed by atoms with Crippen LogP contribution in [0.2, 0.25) is 0 Å². The lowest BCUT2D eigenvalue weighted by Crippen LogP contribution is -2.33. The first kappa shape index (κ1) is 13.4. The number of fused-ring (bicyclic) bond motifs is 1. The Hall–Kier alpha value is -2.05. The summed E-state index contributed by atoms with van der Waals surface area (Å²) in [4.78, 5) is 24.1. The lowest BCUT2D eigenvalue weighted by Gasteiger charge is -2.17. The highest BCUT2D eigenvalue weighted by atomic mass is 19.4. The molecule has 1 aliphatic rings. The van der Waals surface area contributed by atoms with E-state index < -0.39 is 30.8 Å². The van der Waals surface area contributed by atoms with Crippen LogP contribution in [0.25, 0.3) is 0 Å². The van der Waals surface area contributed by atoms with Crippen LogP contribution in [0, 0.1) is 0 Å². The number of Topliss-reactive ketones (excluding diaryl/α,β-unsaturated/α-hetero) is 1. The van der Waals surface area contributed by atoms with Crippen molar-refractivity contribution in [2.24, 2.45) is 0 Å². The molecule has 1 aromatic carbocycles. The average Bonchev–Trinajstić information content (AvgIpc) is 2.58. The van der Waals surface area contributed by atoms with Gasteiger partial charge in [0.15, 0.2) is 0 Å². The summed E-state index contributed by atoms with van der Waals surface area (Å²) >= 11 is 0. The minimum absolute atomic E-state index is 0.105. The fourth-order valence-corrected chi connectivity index (χ4v) is 1.86. The molecule has 0 saturated carbocycles. The van der Waals surface area contributed by atoms with E-state index in [-0.39, 0.29) is 11.3 Å². The zero-order chi connectivity index (χ0) is 14.2. The summed E-state index contributed by atoms with van der Waals surface area (Å²) in [5, 5.41) is 0. The number of halogens is 3. The number of hydrogen-bond acceptors (Lipinski definition) is 3. The van der Waals surface area contributed by atoms with Crippen LogP contribution in [0.1, 0.15) is 16.8 Å². The Labute approximate surface area is 106 Å². The van der Waals surface area contributed by atoms with Crippen LogP contribution in [0.15, 0.2) is 18.2 Å². The van der Waals surface area contributed by atoms with E-state index in [1.807, 2.05) is 0 Å². The molecule has 0 aliphatic carbocycles. The second kappa shape index (κ2) is 4.56. The van der Waals surface area contributed by atoms with Gasteiger partial charge in [0, 0.05) is 12.6 Å². The van der Waals surface area contributed by atoms with Gasteiger partial charge in [0.25, 0.3) is 11.7 Å². The van der Waals surface area contributed by atoms with E-state index in [0.29, 0.717) is 5.75 Å². The Balaban J connectivity index is 2.31. The number of nitrogens with zero attached hydrogens (tertiary/aromatic N) is 1. The van der Waals surface area contributed by atoms with Gasteiger partial charge in [-0.15, -0.1) is 0 Å². The van der Waals surface area contributed by atoms with Gasteiger partial charge in [0.2, 0.25) is 0 Å². The summed E-state index contributed by atoms with van der Waals surface area (Å²) in [6.07, 6.45) is -5.55. The van der Waals surface area contributed by atoms with Crippen LogP contribution in [-0.4, -0.2) is 31.5 Å². The number of carbonyl (C=O) groups is 2. The van der Waals surface area contributed by atoms with Crippen molar-refractivity contribution in [3.8, 4) is 5.75 Å². The monoisotopic (exact) mass is 273 g/mol. The highest BCUT2D eigenvalue weighted by molar-refractivity contribution is 6.52. The van der Waals surface area contributed by atoms with E-state index in [4.69, 9.17) is 4.74 Å². The first-order valence-electron chi connectivity index (χ1n) is 5.44. The molecule has 0 radical (unpaired) electrons. The molecule has 7 heteroatoms. The Morgan fingerprint density at radius 2 is 1.95 bits per heavy atom. The molecule has 1 amide bonds. The summed E-state index contributed by atoms with van der Waals surface area (Å²) in [6, 6.07) is 4.24. The predicted octanol–water partition coefficient (Wildman–Crippen LogP) is 2.18. The quantitative estimate of drug-likeness (QED) is 0.793. The Morgan fingerprint density at radius 1 is 1.26 bits per heavy atom. The number of ketones is 1. The van der Waals surface area contributed by atoms with Gasteiger partial charge in [0.05, 0.1) is 24.8 Å². The molecule has 1 aromatic rings. The van der Waals surface area contributed by atoms with Crippen LogP contribution < -0.4 is 9.64 Å². The molecule has 1 heterocycles. The number of hydrogen-bond donors (Lipinski definition) is 0. The van der Waals surface area contributed by atoms with Crippen molar-refractivity contribution in [1.82, 2.24) is 0 Å². The summed E-state index contributed by atoms with van der Waals surface area (Å²) in [6.45, 7) is -0.575. The van der Waals surface area contributed by atoms with E-state index in [0.717, 1.165) is 4.90 Å². The van der Waals surface area contributed by atoms with Crippen LogP contribution in [0.3, 0.4) is 0 Å². The third kappa shape index (κ3) is 2.54. The molecule has 0 saturated heterocycles. The van der Waals surface area contributed by atoms with Gasteiger partial charge < -0.3 is 9.64 Å². The molecule has 2 rings (SSSR count). The fraction of sp³-hybridized carbons (Fsp3) is 0.333. The molecule has 0 bridgehead atoms. The van der Waals surface area contributed by atoms with Crippen LogP contribution in [0.4, 0.5) is 18.9 Å². The minimum atomic E-state index is -4.38. The van der Waals surface area contributed by atoms with Gasteiger partial charge in [-0.3, -0.25) is 9.59 Å². The SMILES string of the molecule is COc1ccc2c(c1)N(CCC(F)(F)F)C(=O)C2=O. The third-order valence-electron chi connectivity index (χ3n) is 2.80. The number of alkyl halides is 3. The van der Waals surface area contributed by atoms with Crippen molar-refractivity contribution >= 4 is 17.4 Å². The average molecular weight is 273 g/mol. The van der Waals surface area contributed by atoms with Crippen molar-refractivity contribution in [3.63, 3.8) is 0 Å². The Morgan fingerprint density at radius 3 is 2.53 bits per heavy atom. The number of carbonyl (C=O) groups excluding carboxylic acids is 2. The van der Waals surface area contributed by atoms with Crippen molar-refractivity contribution in [2.75, 3.05) is 18.6 Å². The number of rotatable bonds is 3. The van der Waals surface area contributed by atoms with Crippen LogP contribution >= 0.6 is 0 Å². The zero-order valence-corrected chi connectivity index (χ0v) is 9.95. The maximum Gasteiger partial charge on any atom is 0.390 e. The molecule has 1 aliphatic heterocycles. The van der Waals surface area contributed by atoms with Crippen molar-refractivity contribution < 1.29 is 27.5 Å². The summed E-state index contributed by atoms with van der Waals surface area (Å²) in [5.41, 5.74) is 0.270. The summed E-state index contributed by atoms with van der Waals surface area (Å²) < 4.78 is 41.6. The number of benzene rings is 1. The van der Waals surface area contributed by atoms with E-state index in [1.165, 1.54) is 25.3 Å². The highest BCUT2D eigenvalue weighted by Crippen LogP contribution is 2.33. The van der Waals surface area contributed by atoms with Crippen molar-refractivity contribution in [2.45, 2.75) is 12.6 Å². The minimum Gasteiger partial charge on any atom is -0.497 e. The predicted molar refractivity (Wildman–Crippen MR) is 60.3 cm³/mol. The summed E-state index contributed by atoms with van der Waals surface area (Å²) in [7, 11) is 1.39. The topological polar surface area (TPSA) is 46.6 Å². The molecule has 0 fully saturated rings. The van der Waals surface area contributed by atoms with Crippen LogP contribution in [-0.2, 0) is 4.79 Å². The molecule has 0 aromatic heterocycles. The zero-order valence-electron chi connectivity index (χ0n) is 9.95. The molecule has 0 atom stereocenters. The van der Waals surface area contributed by atoms with Gasteiger partial charge in [-0.1, -0.05) is 0 Å². The van der Waals surface area contributed by atoms with E-state index in [9.17, 15) is 22.8 Å². The highest BCUT2D eigenvalue weighted by Gasteiger charge is 2.38. The number of amides is 1. The number of methoxy groups -OCH3 is 1. The molecular formula is C12H10F3NO3. The van der Waals surface area contributed by atoms with E-state index >= 15 is 0 Å². The fourth-order valence-electron chi connectivity index (χ4n) is 1.86. The lowest BCUT2D eigenvalue weighted by atomic mass is 10.1. The van der Waals surface area contributed by atoms with Crippen molar-refractivity contribution in [1.29, 1.82) is 0 Å². The maximum absolute atomic E-state index is 12.2. The molecule has 0 unspecified atom stereocenters. The largest absolute Gasteiger partial charge is 0.497 e. The smallest absolute Gasteiger partial charge is 0.390 e. The number of anilines is 1. The molecule has 4 nitrogen and oxygen atoms in total. The molecular weight excluding hydrogens is 263 g/mol. The van der Waals surface area contributed by atoms with Gasteiger partial charge in [0.1, 0.15) is 5.75 Å². The first-order valence-corrected chi connectivity index (χ1v) is 5.44.